The van der Waals surface area contributed by atoms with Crippen molar-refractivity contribution in [3.63, 3.8) is 0 Å². The fourth-order valence-corrected chi connectivity index (χ4v) is 7.80. The van der Waals surface area contributed by atoms with Gasteiger partial charge in [-0.1, -0.05) is 23.2 Å². The number of furan rings is 2. The van der Waals surface area contributed by atoms with Crippen molar-refractivity contribution in [1.82, 2.24) is 9.31 Å². The first-order chi connectivity index (χ1) is 20.7. The van der Waals surface area contributed by atoms with Gasteiger partial charge in [-0.15, -0.1) is 0 Å². The van der Waals surface area contributed by atoms with Gasteiger partial charge in [0.1, 0.15) is 22.5 Å². The van der Waals surface area contributed by atoms with E-state index in [-0.39, 0.29) is 52.7 Å². The van der Waals surface area contributed by atoms with Crippen molar-refractivity contribution in [1.29, 1.82) is 0 Å². The lowest BCUT2D eigenvalue weighted by molar-refractivity contribution is -0.137. The maximum atomic E-state index is 13.5. The Morgan fingerprint density at radius 3 is 2.56 bits per heavy atom. The maximum Gasteiger partial charge on any atom is 0.340 e. The van der Waals surface area contributed by atoms with E-state index in [1.165, 1.54) is 21.6 Å². The molecule has 1 aliphatic carbocycles. The zero-order valence-corrected chi connectivity index (χ0v) is 25.1. The fourth-order valence-electron chi connectivity index (χ4n) is 5.57. The van der Waals surface area contributed by atoms with Crippen LogP contribution in [0, 0.1) is 5.92 Å². The number of nitrogens with zero attached hydrogens (tertiary/aromatic N) is 3. The molecule has 2 fully saturated rings. The SMILES string of the molecule is O=C(OCC(=O)N1N=C2C(=Cc3ccco3)CCCC2C1c1ccco1)c1cc(S(=O)(=O)N2CCOCC2)c(Cl)cc1Cl. The van der Waals surface area contributed by atoms with Crippen LogP contribution >= 0.6 is 23.2 Å². The van der Waals surface area contributed by atoms with Gasteiger partial charge in [0.25, 0.3) is 5.91 Å². The summed E-state index contributed by atoms with van der Waals surface area (Å²) >= 11 is 12.5. The van der Waals surface area contributed by atoms with Crippen LogP contribution in [0.2, 0.25) is 10.0 Å². The summed E-state index contributed by atoms with van der Waals surface area (Å²) in [5, 5.41) is 5.73. The van der Waals surface area contributed by atoms with Gasteiger partial charge in [0, 0.05) is 19.0 Å². The highest BCUT2D eigenvalue weighted by Crippen LogP contribution is 2.44. The third-order valence-electron chi connectivity index (χ3n) is 7.61. The van der Waals surface area contributed by atoms with Crippen LogP contribution in [0.1, 0.15) is 47.2 Å². The quantitative estimate of drug-likeness (QED) is 0.321. The number of rotatable bonds is 7. The Labute approximate surface area is 257 Å². The van der Waals surface area contributed by atoms with Gasteiger partial charge >= 0.3 is 5.97 Å². The molecule has 14 heteroatoms. The standard InChI is InChI=1S/C29H27Cl2N3O8S/c30-22-16-23(31)25(43(37,38)33-8-12-39-13-9-33)15-21(22)29(36)42-17-26(35)34-28(24-7-3-11-41-24)20-6-1-4-18(27(20)32-34)14-19-5-2-10-40-19/h2-3,5,7,10-11,14-16,20,28H,1,4,6,8-9,12-13,17H2. The topological polar surface area (TPSA) is 132 Å². The monoisotopic (exact) mass is 647 g/mol. The van der Waals surface area contributed by atoms with Gasteiger partial charge in [0.2, 0.25) is 10.0 Å². The minimum atomic E-state index is -4.04. The van der Waals surface area contributed by atoms with Gasteiger partial charge < -0.3 is 18.3 Å². The molecule has 2 aliphatic heterocycles. The van der Waals surface area contributed by atoms with Crippen molar-refractivity contribution >= 4 is 56.9 Å². The number of esters is 1. The zero-order valence-electron chi connectivity index (χ0n) is 22.8. The molecule has 0 bridgehead atoms. The molecule has 2 aromatic heterocycles. The van der Waals surface area contributed by atoms with Crippen molar-refractivity contribution in [2.24, 2.45) is 11.0 Å². The van der Waals surface area contributed by atoms with Crippen LogP contribution in [0.25, 0.3) is 6.08 Å². The van der Waals surface area contributed by atoms with Gasteiger partial charge in [0.05, 0.1) is 47.1 Å². The zero-order chi connectivity index (χ0) is 30.1. The van der Waals surface area contributed by atoms with Gasteiger partial charge in [-0.2, -0.15) is 9.41 Å². The van der Waals surface area contributed by atoms with Crippen LogP contribution in [0.4, 0.5) is 0 Å². The first-order valence-corrected chi connectivity index (χ1v) is 15.9. The first-order valence-electron chi connectivity index (χ1n) is 13.7. The summed E-state index contributed by atoms with van der Waals surface area (Å²) in [5.41, 5.74) is 1.47. The lowest BCUT2D eigenvalue weighted by atomic mass is 9.79. The largest absolute Gasteiger partial charge is 0.467 e. The number of sulfonamides is 1. The molecule has 2 atom stereocenters. The Morgan fingerprint density at radius 1 is 1.07 bits per heavy atom. The molecule has 1 saturated heterocycles. The number of carbonyl (C=O) groups is 2. The number of hydrogen-bond donors (Lipinski definition) is 0. The van der Waals surface area contributed by atoms with Crippen LogP contribution in [0.15, 0.2) is 73.3 Å². The molecule has 226 valence electrons. The molecular weight excluding hydrogens is 621 g/mol. The second-order valence-corrected chi connectivity index (χ2v) is 12.9. The van der Waals surface area contributed by atoms with E-state index >= 15 is 0 Å². The van der Waals surface area contributed by atoms with Crippen LogP contribution in [0.5, 0.6) is 0 Å². The Morgan fingerprint density at radius 2 is 1.84 bits per heavy atom. The average Bonchev–Trinajstić information content (AvgIpc) is 3.78. The number of amides is 1. The number of morpholine rings is 1. The van der Waals surface area contributed by atoms with E-state index in [1.807, 2.05) is 12.1 Å². The Kier molecular flexibility index (Phi) is 8.47. The van der Waals surface area contributed by atoms with Crippen molar-refractivity contribution in [2.75, 3.05) is 32.9 Å². The number of hydrogen-bond acceptors (Lipinski definition) is 9. The molecule has 0 radical (unpaired) electrons. The van der Waals surface area contributed by atoms with Crippen molar-refractivity contribution in [2.45, 2.75) is 30.2 Å². The van der Waals surface area contributed by atoms with E-state index in [9.17, 15) is 18.0 Å². The summed E-state index contributed by atoms with van der Waals surface area (Å²) in [5.74, 6) is -0.451. The Hall–Kier alpha value is -3.42. The number of carbonyl (C=O) groups excluding carboxylic acids is 2. The molecular formula is C29H27Cl2N3O8S. The van der Waals surface area contributed by atoms with Crippen LogP contribution in [-0.4, -0.2) is 68.2 Å². The molecule has 1 amide bonds. The van der Waals surface area contributed by atoms with E-state index < -0.39 is 34.5 Å². The molecule has 4 heterocycles. The molecule has 1 saturated carbocycles. The van der Waals surface area contributed by atoms with Crippen LogP contribution in [-0.2, 0) is 24.3 Å². The van der Waals surface area contributed by atoms with Crippen LogP contribution < -0.4 is 0 Å². The number of fused-ring (bicyclic) bond motifs is 1. The summed E-state index contributed by atoms with van der Waals surface area (Å²) < 4.78 is 49.5. The lowest BCUT2D eigenvalue weighted by Crippen LogP contribution is -2.40. The second-order valence-electron chi connectivity index (χ2n) is 10.2. The van der Waals surface area contributed by atoms with Gasteiger partial charge in [-0.3, -0.25) is 4.79 Å². The summed E-state index contributed by atoms with van der Waals surface area (Å²) in [6.07, 6.45) is 7.47. The Bertz CT molecular complexity index is 1680. The van der Waals surface area contributed by atoms with E-state index in [0.717, 1.165) is 36.6 Å². The number of benzene rings is 1. The van der Waals surface area contributed by atoms with Gasteiger partial charge in [0.15, 0.2) is 6.61 Å². The van der Waals surface area contributed by atoms with E-state index in [2.05, 4.69) is 5.10 Å². The predicted molar refractivity (Wildman–Crippen MR) is 156 cm³/mol. The normalized spacial score (nSPS) is 22.0. The number of ether oxygens (including phenoxy) is 2. The molecule has 3 aliphatic rings. The summed E-state index contributed by atoms with van der Waals surface area (Å²) in [6, 6.07) is 8.88. The lowest BCUT2D eigenvalue weighted by Gasteiger charge is -2.27. The molecule has 11 nitrogen and oxygen atoms in total. The smallest absolute Gasteiger partial charge is 0.340 e. The van der Waals surface area contributed by atoms with Gasteiger partial charge in [-0.25, -0.2) is 18.2 Å². The highest BCUT2D eigenvalue weighted by atomic mass is 35.5. The maximum absolute atomic E-state index is 13.5. The van der Waals surface area contributed by atoms with Gasteiger partial charge in [-0.05, 0) is 67.3 Å². The van der Waals surface area contributed by atoms with Crippen molar-refractivity contribution in [3.8, 4) is 0 Å². The average molecular weight is 649 g/mol. The summed E-state index contributed by atoms with van der Waals surface area (Å²) in [4.78, 5) is 26.3. The number of allylic oxidation sites excluding steroid dienone is 1. The third-order valence-corrected chi connectivity index (χ3v) is 10.3. The minimum absolute atomic E-state index is 0.114. The minimum Gasteiger partial charge on any atom is -0.467 e. The third kappa shape index (κ3) is 5.89. The molecule has 2 unspecified atom stereocenters. The molecule has 43 heavy (non-hydrogen) atoms. The molecule has 3 aromatic rings. The highest BCUT2D eigenvalue weighted by Gasteiger charge is 2.45. The van der Waals surface area contributed by atoms with E-state index in [0.29, 0.717) is 11.5 Å². The molecule has 6 rings (SSSR count). The molecule has 0 spiro atoms. The molecule has 0 N–H and O–H groups in total. The molecule has 1 aromatic carbocycles. The van der Waals surface area contributed by atoms with E-state index in [4.69, 9.17) is 41.5 Å². The van der Waals surface area contributed by atoms with Crippen molar-refractivity contribution < 1.29 is 36.3 Å². The Balaban J connectivity index is 1.23. The first kappa shape index (κ1) is 29.6. The fraction of sp³-hybridized carbons (Fsp3) is 0.345. The van der Waals surface area contributed by atoms with E-state index in [1.54, 1.807) is 24.5 Å². The van der Waals surface area contributed by atoms with Crippen molar-refractivity contribution in [3.05, 3.63) is 81.6 Å². The summed E-state index contributed by atoms with van der Waals surface area (Å²) in [6.45, 7) is 0.0971. The second kappa shape index (κ2) is 12.3. The highest BCUT2D eigenvalue weighted by molar-refractivity contribution is 7.89. The number of hydrazone groups is 1. The number of halogens is 2. The predicted octanol–water partition coefficient (Wildman–Crippen LogP) is 5.18. The summed E-state index contributed by atoms with van der Waals surface area (Å²) in [7, 11) is -4.04. The van der Waals surface area contributed by atoms with Crippen LogP contribution in [0.3, 0.4) is 0 Å².